The van der Waals surface area contributed by atoms with E-state index in [1.54, 1.807) is 0 Å². The summed E-state index contributed by atoms with van der Waals surface area (Å²) in [6.45, 7) is 0. The Bertz CT molecular complexity index is 331. The molecule has 0 aliphatic carbocycles. The molecule has 1 aromatic rings. The predicted octanol–water partition coefficient (Wildman–Crippen LogP) is 1.61. The van der Waals surface area contributed by atoms with Gasteiger partial charge in [-0.15, -0.1) is 0 Å². The Kier molecular flexibility index (Phi) is 2.77. The summed E-state index contributed by atoms with van der Waals surface area (Å²) in [6, 6.07) is 2.06. The second kappa shape index (κ2) is 3.66. The first kappa shape index (κ1) is 9.85. The largest absolute Gasteiger partial charge is 0.491 e. The number of thiocarbonyl (C=S) groups is 1. The van der Waals surface area contributed by atoms with Gasteiger partial charge < -0.3 is 10.5 Å². The Morgan fingerprint density at radius 3 is 2.15 bits per heavy atom. The molecule has 0 unspecified atom stereocenters. The summed E-state index contributed by atoms with van der Waals surface area (Å²) in [5, 5.41) is 0. The van der Waals surface area contributed by atoms with Gasteiger partial charge in [-0.25, -0.2) is 8.78 Å². The fraction of sp³-hybridized carbons (Fsp3) is 0.125. The molecule has 70 valence electrons. The van der Waals surface area contributed by atoms with E-state index in [0.29, 0.717) is 0 Å². The van der Waals surface area contributed by atoms with Crippen LogP contribution in [-0.4, -0.2) is 12.1 Å². The zero-order valence-electron chi connectivity index (χ0n) is 6.80. The van der Waals surface area contributed by atoms with Crippen molar-refractivity contribution in [1.82, 2.24) is 0 Å². The molecule has 0 spiro atoms. The average molecular weight is 203 g/mol. The third-order valence-electron chi connectivity index (χ3n) is 1.49. The van der Waals surface area contributed by atoms with E-state index in [2.05, 4.69) is 17.0 Å². The summed E-state index contributed by atoms with van der Waals surface area (Å²) in [5.74, 6) is -2.06. The van der Waals surface area contributed by atoms with E-state index >= 15 is 0 Å². The van der Waals surface area contributed by atoms with Crippen LogP contribution < -0.4 is 10.5 Å². The minimum atomic E-state index is -0.815. The Labute approximate surface area is 79.3 Å². The zero-order chi connectivity index (χ0) is 10.0. The normalized spacial score (nSPS) is 9.77. The van der Waals surface area contributed by atoms with Gasteiger partial charge in [-0.3, -0.25) is 0 Å². The summed E-state index contributed by atoms with van der Waals surface area (Å²) in [6.07, 6.45) is 0. The number of hydrogen-bond acceptors (Lipinski definition) is 2. The first-order chi connectivity index (χ1) is 6.06. The summed E-state index contributed by atoms with van der Waals surface area (Å²) >= 11 is 4.56. The molecule has 0 amide bonds. The maximum atomic E-state index is 13.0. The molecule has 0 saturated carbocycles. The quantitative estimate of drug-likeness (QED) is 0.741. The number of hydrogen-bond donors (Lipinski definition) is 1. The average Bonchev–Trinajstić information content (AvgIpc) is 2.03. The number of rotatable bonds is 2. The maximum Gasteiger partial charge on any atom is 0.190 e. The molecular formula is C8H7F2NOS. The molecule has 0 saturated heterocycles. The monoisotopic (exact) mass is 203 g/mol. The molecule has 5 heteroatoms. The van der Waals surface area contributed by atoms with Crippen LogP contribution in [0.4, 0.5) is 8.78 Å². The molecule has 0 aliphatic heterocycles. The minimum Gasteiger partial charge on any atom is -0.491 e. The van der Waals surface area contributed by atoms with Crippen LogP contribution in [0.5, 0.6) is 5.75 Å². The molecule has 2 nitrogen and oxygen atoms in total. The van der Waals surface area contributed by atoms with Crippen molar-refractivity contribution in [2.45, 2.75) is 0 Å². The van der Waals surface area contributed by atoms with Crippen molar-refractivity contribution in [3.63, 3.8) is 0 Å². The molecule has 0 atom stereocenters. The highest BCUT2D eigenvalue weighted by molar-refractivity contribution is 7.80. The number of ether oxygens (including phenoxy) is 1. The smallest absolute Gasteiger partial charge is 0.190 e. The second-order valence-corrected chi connectivity index (χ2v) is 2.78. The number of methoxy groups -OCH3 is 1. The van der Waals surface area contributed by atoms with Crippen LogP contribution in [0.1, 0.15) is 5.56 Å². The first-order valence-electron chi connectivity index (χ1n) is 3.39. The van der Waals surface area contributed by atoms with E-state index in [-0.39, 0.29) is 10.6 Å². The molecule has 1 rings (SSSR count). The van der Waals surface area contributed by atoms with Crippen LogP contribution in [0.15, 0.2) is 12.1 Å². The third kappa shape index (κ3) is 1.92. The molecular weight excluding hydrogens is 196 g/mol. The fourth-order valence-electron chi connectivity index (χ4n) is 0.897. The van der Waals surface area contributed by atoms with Crippen LogP contribution in [0.2, 0.25) is 0 Å². The van der Waals surface area contributed by atoms with Crippen molar-refractivity contribution in [1.29, 1.82) is 0 Å². The molecule has 0 aromatic heterocycles. The second-order valence-electron chi connectivity index (χ2n) is 2.34. The molecule has 0 radical (unpaired) electrons. The van der Waals surface area contributed by atoms with Crippen LogP contribution in [0.3, 0.4) is 0 Å². The highest BCUT2D eigenvalue weighted by Crippen LogP contribution is 2.22. The molecule has 0 heterocycles. The lowest BCUT2D eigenvalue weighted by Gasteiger charge is -2.05. The van der Waals surface area contributed by atoms with Crippen molar-refractivity contribution in [2.24, 2.45) is 5.73 Å². The molecule has 0 fully saturated rings. The first-order valence-corrected chi connectivity index (χ1v) is 3.80. The molecule has 1 aromatic carbocycles. The molecule has 2 N–H and O–H groups in total. The van der Waals surface area contributed by atoms with Gasteiger partial charge in [-0.1, -0.05) is 12.2 Å². The van der Waals surface area contributed by atoms with Crippen molar-refractivity contribution < 1.29 is 13.5 Å². The van der Waals surface area contributed by atoms with Gasteiger partial charge in [0.1, 0.15) is 4.99 Å². The van der Waals surface area contributed by atoms with Crippen molar-refractivity contribution >= 4 is 17.2 Å². The van der Waals surface area contributed by atoms with Crippen LogP contribution >= 0.6 is 12.2 Å². The van der Waals surface area contributed by atoms with E-state index < -0.39 is 17.4 Å². The lowest BCUT2D eigenvalue weighted by molar-refractivity contribution is 0.360. The van der Waals surface area contributed by atoms with Gasteiger partial charge in [-0.05, 0) is 12.1 Å². The Morgan fingerprint density at radius 2 is 1.85 bits per heavy atom. The SMILES string of the molecule is COc1c(F)cc(C(N)=S)cc1F. The zero-order valence-corrected chi connectivity index (χ0v) is 7.62. The van der Waals surface area contributed by atoms with Gasteiger partial charge >= 0.3 is 0 Å². The molecule has 13 heavy (non-hydrogen) atoms. The van der Waals surface area contributed by atoms with E-state index in [1.165, 1.54) is 7.11 Å². The van der Waals surface area contributed by atoms with Gasteiger partial charge in [0, 0.05) is 5.56 Å². The summed E-state index contributed by atoms with van der Waals surface area (Å²) in [7, 11) is 1.18. The van der Waals surface area contributed by atoms with Crippen LogP contribution in [0.25, 0.3) is 0 Å². The number of halogens is 2. The maximum absolute atomic E-state index is 13.0. The summed E-state index contributed by atoms with van der Waals surface area (Å²) < 4.78 is 30.5. The van der Waals surface area contributed by atoms with Gasteiger partial charge in [0.2, 0.25) is 0 Å². The highest BCUT2D eigenvalue weighted by Gasteiger charge is 2.12. The van der Waals surface area contributed by atoms with Gasteiger partial charge in [0.05, 0.1) is 7.11 Å². The van der Waals surface area contributed by atoms with Gasteiger partial charge in [0.15, 0.2) is 17.4 Å². The predicted molar refractivity (Wildman–Crippen MR) is 48.8 cm³/mol. The lowest BCUT2D eigenvalue weighted by Crippen LogP contribution is -2.10. The van der Waals surface area contributed by atoms with Gasteiger partial charge in [0.25, 0.3) is 0 Å². The van der Waals surface area contributed by atoms with Crippen LogP contribution in [0, 0.1) is 11.6 Å². The lowest BCUT2D eigenvalue weighted by atomic mass is 10.2. The van der Waals surface area contributed by atoms with E-state index in [1.807, 2.05) is 0 Å². The van der Waals surface area contributed by atoms with Crippen molar-refractivity contribution in [2.75, 3.05) is 7.11 Å². The van der Waals surface area contributed by atoms with E-state index in [4.69, 9.17) is 5.73 Å². The summed E-state index contributed by atoms with van der Waals surface area (Å²) in [4.78, 5) is -0.0551. The van der Waals surface area contributed by atoms with E-state index in [9.17, 15) is 8.78 Å². The molecule has 0 bridgehead atoms. The molecule has 0 aliphatic rings. The van der Waals surface area contributed by atoms with E-state index in [0.717, 1.165) is 12.1 Å². The third-order valence-corrected chi connectivity index (χ3v) is 1.72. The van der Waals surface area contributed by atoms with Gasteiger partial charge in [-0.2, -0.15) is 0 Å². The highest BCUT2D eigenvalue weighted by atomic mass is 32.1. The Morgan fingerprint density at radius 1 is 1.38 bits per heavy atom. The van der Waals surface area contributed by atoms with Crippen molar-refractivity contribution in [3.8, 4) is 5.75 Å². The summed E-state index contributed by atoms with van der Waals surface area (Å²) in [5.41, 5.74) is 5.34. The standard InChI is InChI=1S/C8H7F2NOS/c1-12-7-5(9)2-4(8(11)13)3-6(7)10/h2-3H,1H3,(H2,11,13). The topological polar surface area (TPSA) is 35.2 Å². The van der Waals surface area contributed by atoms with Crippen LogP contribution in [-0.2, 0) is 0 Å². The number of benzene rings is 1. The Balaban J connectivity index is 3.28. The van der Waals surface area contributed by atoms with Crippen molar-refractivity contribution in [3.05, 3.63) is 29.3 Å². The minimum absolute atomic E-state index is 0.0551. The number of nitrogens with two attached hydrogens (primary N) is 1. The fourth-order valence-corrected chi connectivity index (χ4v) is 1.02. The Hall–Kier alpha value is -1.23.